The second kappa shape index (κ2) is 4.29. The van der Waals surface area contributed by atoms with Gasteiger partial charge in [0.05, 0.1) is 0 Å². The molecular weight excluding hydrogens is 214 g/mol. The van der Waals surface area contributed by atoms with E-state index in [2.05, 4.69) is 0 Å². The van der Waals surface area contributed by atoms with Gasteiger partial charge >= 0.3 is 0 Å². The van der Waals surface area contributed by atoms with Crippen LogP contribution < -0.4 is 0 Å². The van der Waals surface area contributed by atoms with E-state index in [0.717, 1.165) is 25.0 Å². The highest BCUT2D eigenvalue weighted by molar-refractivity contribution is 5.85. The Morgan fingerprint density at radius 1 is 1.38 bits per heavy atom. The topological polar surface area (TPSA) is 37.3 Å². The number of Topliss-reactive ketones (excluding diaryl/α,β-unsaturated/α-hetero) is 1. The number of aliphatic hydroxyl groups excluding tert-OH is 1. The number of halogens is 2. The first-order chi connectivity index (χ1) is 7.58. The summed E-state index contributed by atoms with van der Waals surface area (Å²) < 4.78 is 25.5. The highest BCUT2D eigenvalue weighted by atomic mass is 19.2. The van der Waals surface area contributed by atoms with E-state index < -0.39 is 17.7 Å². The molecule has 2 nitrogen and oxygen atoms in total. The average molecular weight is 226 g/mol. The van der Waals surface area contributed by atoms with Gasteiger partial charge in [-0.2, -0.15) is 0 Å². The zero-order valence-corrected chi connectivity index (χ0v) is 8.62. The highest BCUT2D eigenvalue weighted by Gasteiger charge is 2.34. The molecule has 0 bridgehead atoms. The van der Waals surface area contributed by atoms with Gasteiger partial charge < -0.3 is 5.11 Å². The van der Waals surface area contributed by atoms with Crippen LogP contribution in [0.25, 0.3) is 0 Å². The summed E-state index contributed by atoms with van der Waals surface area (Å²) in [6, 6.07) is 3.34. The van der Waals surface area contributed by atoms with Crippen LogP contribution in [0.15, 0.2) is 18.2 Å². The van der Waals surface area contributed by atoms with Crippen LogP contribution in [-0.4, -0.2) is 17.0 Å². The molecule has 1 unspecified atom stereocenters. The molecule has 0 radical (unpaired) electrons. The summed E-state index contributed by atoms with van der Waals surface area (Å²) in [6.07, 6.45) is 0.734. The lowest BCUT2D eigenvalue weighted by Crippen LogP contribution is -2.24. The van der Waals surface area contributed by atoms with E-state index in [1.54, 1.807) is 0 Å². The van der Waals surface area contributed by atoms with Gasteiger partial charge in [-0.15, -0.1) is 0 Å². The Labute approximate surface area is 91.9 Å². The molecule has 0 saturated heterocycles. The zero-order valence-electron chi connectivity index (χ0n) is 8.62. The van der Waals surface area contributed by atoms with Gasteiger partial charge in [-0.05, 0) is 36.5 Å². The normalized spacial score (nSPS) is 17.2. The largest absolute Gasteiger partial charge is 0.385 e. The molecule has 0 amide bonds. The van der Waals surface area contributed by atoms with Gasteiger partial charge in [-0.3, -0.25) is 4.79 Å². The summed E-state index contributed by atoms with van der Waals surface area (Å²) in [5, 5.41) is 9.53. The molecule has 0 spiro atoms. The second-order valence-corrected chi connectivity index (χ2v) is 4.17. The number of carbonyl (C=O) groups is 1. The SMILES string of the molecule is O=C(Cc1ccc(F)c(F)c1)C(O)C1CC1. The number of rotatable bonds is 4. The minimum atomic E-state index is -0.966. The molecule has 1 fully saturated rings. The van der Waals surface area contributed by atoms with Crippen LogP contribution in [0.1, 0.15) is 18.4 Å². The third kappa shape index (κ3) is 2.44. The summed E-state index contributed by atoms with van der Waals surface area (Å²) in [7, 11) is 0. The lowest BCUT2D eigenvalue weighted by molar-refractivity contribution is -0.127. The van der Waals surface area contributed by atoms with Gasteiger partial charge in [0.25, 0.3) is 0 Å². The molecule has 1 aromatic rings. The smallest absolute Gasteiger partial charge is 0.165 e. The number of aliphatic hydroxyl groups is 1. The van der Waals surface area contributed by atoms with Crippen molar-refractivity contribution in [3.8, 4) is 0 Å². The summed E-state index contributed by atoms with van der Waals surface area (Å²) in [6.45, 7) is 0. The number of hydrogen-bond acceptors (Lipinski definition) is 2. The molecule has 16 heavy (non-hydrogen) atoms. The van der Waals surface area contributed by atoms with E-state index in [-0.39, 0.29) is 18.1 Å². The molecule has 1 saturated carbocycles. The Morgan fingerprint density at radius 2 is 2.06 bits per heavy atom. The van der Waals surface area contributed by atoms with Crippen LogP contribution >= 0.6 is 0 Å². The molecule has 1 aliphatic carbocycles. The molecule has 1 aromatic carbocycles. The van der Waals surface area contributed by atoms with Gasteiger partial charge in [-0.1, -0.05) is 6.07 Å². The molecule has 1 aliphatic rings. The van der Waals surface area contributed by atoms with Gasteiger partial charge in [0.1, 0.15) is 6.10 Å². The van der Waals surface area contributed by atoms with Crippen molar-refractivity contribution in [3.05, 3.63) is 35.4 Å². The fourth-order valence-electron chi connectivity index (χ4n) is 1.63. The van der Waals surface area contributed by atoms with Crippen LogP contribution in [0.4, 0.5) is 8.78 Å². The van der Waals surface area contributed by atoms with Crippen LogP contribution in [-0.2, 0) is 11.2 Å². The Kier molecular flexibility index (Phi) is 3.01. The molecule has 4 heteroatoms. The molecule has 1 atom stereocenters. The van der Waals surface area contributed by atoms with Crippen LogP contribution in [0, 0.1) is 17.6 Å². The van der Waals surface area contributed by atoms with E-state index in [1.807, 2.05) is 0 Å². The van der Waals surface area contributed by atoms with Crippen LogP contribution in [0.2, 0.25) is 0 Å². The molecule has 1 N–H and O–H groups in total. The van der Waals surface area contributed by atoms with Crippen LogP contribution in [0.3, 0.4) is 0 Å². The van der Waals surface area contributed by atoms with Crippen molar-refractivity contribution < 1.29 is 18.7 Å². The van der Waals surface area contributed by atoms with E-state index in [1.165, 1.54) is 6.07 Å². The number of hydrogen-bond donors (Lipinski definition) is 1. The monoisotopic (exact) mass is 226 g/mol. The fourth-order valence-corrected chi connectivity index (χ4v) is 1.63. The van der Waals surface area contributed by atoms with Crippen molar-refractivity contribution in [1.29, 1.82) is 0 Å². The first-order valence-electron chi connectivity index (χ1n) is 5.22. The zero-order chi connectivity index (χ0) is 11.7. The molecule has 2 rings (SSSR count). The lowest BCUT2D eigenvalue weighted by atomic mass is 10.0. The van der Waals surface area contributed by atoms with Gasteiger partial charge in [0.15, 0.2) is 17.4 Å². The highest BCUT2D eigenvalue weighted by Crippen LogP contribution is 2.33. The van der Waals surface area contributed by atoms with E-state index in [0.29, 0.717) is 5.56 Å². The molecule has 0 aliphatic heterocycles. The third-order valence-electron chi connectivity index (χ3n) is 2.76. The second-order valence-electron chi connectivity index (χ2n) is 4.17. The van der Waals surface area contributed by atoms with Crippen molar-refractivity contribution in [2.45, 2.75) is 25.4 Å². The predicted octanol–water partition coefficient (Wildman–Crippen LogP) is 1.85. The number of ketones is 1. The summed E-state index contributed by atoms with van der Waals surface area (Å²) in [5.41, 5.74) is 0.392. The molecule has 86 valence electrons. The van der Waals surface area contributed by atoms with E-state index in [4.69, 9.17) is 0 Å². The third-order valence-corrected chi connectivity index (χ3v) is 2.76. The van der Waals surface area contributed by atoms with Gasteiger partial charge in [0.2, 0.25) is 0 Å². The number of benzene rings is 1. The van der Waals surface area contributed by atoms with Crippen LogP contribution in [0.5, 0.6) is 0 Å². The molecule has 0 aromatic heterocycles. The van der Waals surface area contributed by atoms with Crippen molar-refractivity contribution in [1.82, 2.24) is 0 Å². The standard InChI is InChI=1S/C12H12F2O2/c13-9-4-1-7(5-10(9)14)6-11(15)12(16)8-2-3-8/h1,4-5,8,12,16H,2-3,6H2. The Balaban J connectivity index is 2.02. The summed E-state index contributed by atoms with van der Waals surface area (Å²) >= 11 is 0. The minimum absolute atomic E-state index is 0.0468. The van der Waals surface area contributed by atoms with Gasteiger partial charge in [0, 0.05) is 6.42 Å². The lowest BCUT2D eigenvalue weighted by Gasteiger charge is -2.07. The van der Waals surface area contributed by atoms with E-state index in [9.17, 15) is 18.7 Å². The minimum Gasteiger partial charge on any atom is -0.385 e. The van der Waals surface area contributed by atoms with Crippen molar-refractivity contribution in [2.75, 3.05) is 0 Å². The van der Waals surface area contributed by atoms with Crippen molar-refractivity contribution in [2.24, 2.45) is 5.92 Å². The Morgan fingerprint density at radius 3 is 2.62 bits per heavy atom. The quantitative estimate of drug-likeness (QED) is 0.850. The maximum atomic E-state index is 12.9. The predicted molar refractivity (Wildman–Crippen MR) is 53.8 cm³/mol. The fraction of sp³-hybridized carbons (Fsp3) is 0.417. The summed E-state index contributed by atoms with van der Waals surface area (Å²) in [5.74, 6) is -2.16. The van der Waals surface area contributed by atoms with Crippen molar-refractivity contribution in [3.63, 3.8) is 0 Å². The molecular formula is C12H12F2O2. The maximum absolute atomic E-state index is 12.9. The molecule has 0 heterocycles. The maximum Gasteiger partial charge on any atom is 0.165 e. The van der Waals surface area contributed by atoms with Gasteiger partial charge in [-0.25, -0.2) is 8.78 Å². The first kappa shape index (κ1) is 11.2. The number of carbonyl (C=O) groups excluding carboxylic acids is 1. The first-order valence-corrected chi connectivity index (χ1v) is 5.22. The summed E-state index contributed by atoms with van der Waals surface area (Å²) in [4.78, 5) is 11.5. The van der Waals surface area contributed by atoms with Crippen molar-refractivity contribution >= 4 is 5.78 Å². The Hall–Kier alpha value is -1.29. The average Bonchev–Trinajstić information content (AvgIpc) is 3.06. The van der Waals surface area contributed by atoms with E-state index >= 15 is 0 Å². The Bertz CT molecular complexity index is 413.